The molecule has 106 valence electrons. The minimum atomic E-state index is -0.125. The van der Waals surface area contributed by atoms with Crippen LogP contribution in [-0.4, -0.2) is 17.6 Å². The maximum atomic E-state index is 11.6. The van der Waals surface area contributed by atoms with E-state index in [0.29, 0.717) is 13.1 Å². The highest BCUT2D eigenvalue weighted by Crippen LogP contribution is 2.16. The molecule has 0 aliphatic rings. The van der Waals surface area contributed by atoms with Crippen LogP contribution in [0.3, 0.4) is 0 Å². The number of aromatic nitrogens is 1. The summed E-state index contributed by atoms with van der Waals surface area (Å²) in [4.78, 5) is 18.2. The van der Waals surface area contributed by atoms with Gasteiger partial charge in [-0.3, -0.25) is 4.98 Å². The summed E-state index contributed by atoms with van der Waals surface area (Å²) in [6, 6.07) is 7.96. The number of pyridine rings is 1. The molecule has 2 rings (SSSR count). The molecule has 2 N–H and O–H groups in total. The van der Waals surface area contributed by atoms with Crippen molar-refractivity contribution in [3.05, 3.63) is 52.0 Å². The summed E-state index contributed by atoms with van der Waals surface area (Å²) in [5, 5.41) is 5.72. The molecule has 2 amide bonds. The quantitative estimate of drug-likeness (QED) is 0.859. The first kappa shape index (κ1) is 14.5. The van der Waals surface area contributed by atoms with Crippen molar-refractivity contribution in [1.29, 1.82) is 0 Å². The van der Waals surface area contributed by atoms with E-state index in [1.807, 2.05) is 18.3 Å². The van der Waals surface area contributed by atoms with E-state index in [1.165, 1.54) is 9.75 Å². The normalized spacial score (nSPS) is 10.2. The molecule has 0 atom stereocenters. The summed E-state index contributed by atoms with van der Waals surface area (Å²) >= 11 is 1.74. The lowest BCUT2D eigenvalue weighted by molar-refractivity contribution is 0.240. The average Bonchev–Trinajstić information content (AvgIpc) is 2.94. The maximum absolute atomic E-state index is 11.6. The second-order valence-corrected chi connectivity index (χ2v) is 5.70. The molecule has 0 bridgehead atoms. The van der Waals surface area contributed by atoms with Gasteiger partial charge in [0, 0.05) is 28.7 Å². The lowest BCUT2D eigenvalue weighted by Gasteiger charge is -2.06. The molecular formula is C15H19N3OS. The molecule has 0 aliphatic carbocycles. The first-order chi connectivity index (χ1) is 9.78. The predicted molar refractivity (Wildman–Crippen MR) is 81.9 cm³/mol. The van der Waals surface area contributed by atoms with Gasteiger partial charge in [-0.2, -0.15) is 0 Å². The molecule has 0 saturated heterocycles. The first-order valence-corrected chi connectivity index (χ1v) is 7.57. The number of urea groups is 1. The van der Waals surface area contributed by atoms with Gasteiger partial charge in [-0.1, -0.05) is 13.0 Å². The molecule has 5 heteroatoms. The largest absolute Gasteiger partial charge is 0.338 e. The van der Waals surface area contributed by atoms with Crippen LogP contribution in [0, 0.1) is 0 Å². The number of hydrogen-bond donors (Lipinski definition) is 2. The summed E-state index contributed by atoms with van der Waals surface area (Å²) in [5.41, 5.74) is 1.12. The van der Waals surface area contributed by atoms with Gasteiger partial charge < -0.3 is 10.6 Å². The zero-order chi connectivity index (χ0) is 14.2. The summed E-state index contributed by atoms with van der Waals surface area (Å²) in [6.07, 6.45) is 5.40. The first-order valence-electron chi connectivity index (χ1n) is 6.76. The SMILES string of the molecule is CCc1ccc(CNC(=O)NCCc2cccnc2)s1. The lowest BCUT2D eigenvalue weighted by Crippen LogP contribution is -2.36. The molecule has 0 unspecified atom stereocenters. The van der Waals surface area contributed by atoms with Crippen molar-refractivity contribution in [3.8, 4) is 0 Å². The topological polar surface area (TPSA) is 54.0 Å². The van der Waals surface area contributed by atoms with Crippen LogP contribution in [0.4, 0.5) is 4.79 Å². The third kappa shape index (κ3) is 4.66. The van der Waals surface area contributed by atoms with Crippen molar-refractivity contribution in [2.75, 3.05) is 6.54 Å². The molecule has 0 saturated carbocycles. The smallest absolute Gasteiger partial charge is 0.315 e. The lowest BCUT2D eigenvalue weighted by atomic mass is 10.2. The van der Waals surface area contributed by atoms with E-state index in [0.717, 1.165) is 18.4 Å². The second-order valence-electron chi connectivity index (χ2n) is 4.44. The van der Waals surface area contributed by atoms with Crippen LogP contribution in [0.15, 0.2) is 36.7 Å². The van der Waals surface area contributed by atoms with Crippen molar-refractivity contribution in [1.82, 2.24) is 15.6 Å². The van der Waals surface area contributed by atoms with Gasteiger partial charge in [0.25, 0.3) is 0 Å². The molecule has 0 aliphatic heterocycles. The standard InChI is InChI=1S/C15H19N3OS/c1-2-13-5-6-14(20-13)11-18-15(19)17-9-7-12-4-3-8-16-10-12/h3-6,8,10H,2,7,9,11H2,1H3,(H2,17,18,19). The summed E-state index contributed by atoms with van der Waals surface area (Å²) in [7, 11) is 0. The zero-order valence-corrected chi connectivity index (χ0v) is 12.4. The van der Waals surface area contributed by atoms with Crippen molar-refractivity contribution >= 4 is 17.4 Å². The van der Waals surface area contributed by atoms with Crippen LogP contribution in [0.25, 0.3) is 0 Å². The molecule has 2 aromatic rings. The van der Waals surface area contributed by atoms with Crippen LogP contribution < -0.4 is 10.6 Å². The third-order valence-electron chi connectivity index (χ3n) is 2.91. The molecule has 2 heterocycles. The Morgan fingerprint density at radius 2 is 2.10 bits per heavy atom. The van der Waals surface area contributed by atoms with Crippen LogP contribution in [-0.2, 0) is 19.4 Å². The molecule has 0 spiro atoms. The minimum absolute atomic E-state index is 0.125. The van der Waals surface area contributed by atoms with Crippen LogP contribution in [0.2, 0.25) is 0 Å². The Kier molecular flexibility index (Phi) is 5.55. The molecule has 0 radical (unpaired) electrons. The van der Waals surface area contributed by atoms with E-state index in [-0.39, 0.29) is 6.03 Å². The fraction of sp³-hybridized carbons (Fsp3) is 0.333. The highest BCUT2D eigenvalue weighted by Gasteiger charge is 2.02. The van der Waals surface area contributed by atoms with Crippen molar-refractivity contribution < 1.29 is 4.79 Å². The molecule has 4 nitrogen and oxygen atoms in total. The van der Waals surface area contributed by atoms with Gasteiger partial charge in [-0.25, -0.2) is 4.79 Å². The van der Waals surface area contributed by atoms with E-state index >= 15 is 0 Å². The molecular weight excluding hydrogens is 270 g/mol. The highest BCUT2D eigenvalue weighted by molar-refractivity contribution is 7.11. The summed E-state index contributed by atoms with van der Waals surface area (Å²) in [5.74, 6) is 0. The Morgan fingerprint density at radius 3 is 2.80 bits per heavy atom. The highest BCUT2D eigenvalue weighted by atomic mass is 32.1. The number of nitrogens with one attached hydrogen (secondary N) is 2. The minimum Gasteiger partial charge on any atom is -0.338 e. The number of aryl methyl sites for hydroxylation is 1. The van der Waals surface area contributed by atoms with E-state index in [9.17, 15) is 4.79 Å². The number of hydrogen-bond acceptors (Lipinski definition) is 3. The Morgan fingerprint density at radius 1 is 1.25 bits per heavy atom. The average molecular weight is 289 g/mol. The van der Waals surface area contributed by atoms with Crippen molar-refractivity contribution in [2.24, 2.45) is 0 Å². The number of nitrogens with zero attached hydrogens (tertiary/aromatic N) is 1. The van der Waals surface area contributed by atoms with Gasteiger partial charge in [0.2, 0.25) is 0 Å². The van der Waals surface area contributed by atoms with E-state index in [4.69, 9.17) is 0 Å². The summed E-state index contributed by atoms with van der Waals surface area (Å²) in [6.45, 7) is 3.33. The molecule has 2 aromatic heterocycles. The Bertz CT molecular complexity index is 539. The van der Waals surface area contributed by atoms with Crippen LogP contribution >= 0.6 is 11.3 Å². The van der Waals surface area contributed by atoms with Gasteiger partial charge in [-0.15, -0.1) is 11.3 Å². The number of carbonyl (C=O) groups excluding carboxylic acids is 1. The second kappa shape index (κ2) is 7.65. The van der Waals surface area contributed by atoms with Crippen molar-refractivity contribution in [3.63, 3.8) is 0 Å². The third-order valence-corrected chi connectivity index (χ3v) is 4.14. The molecule has 20 heavy (non-hydrogen) atoms. The Balaban J connectivity index is 1.65. The van der Waals surface area contributed by atoms with Crippen LogP contribution in [0.1, 0.15) is 22.2 Å². The summed E-state index contributed by atoms with van der Waals surface area (Å²) < 4.78 is 0. The van der Waals surface area contributed by atoms with E-state index in [1.54, 1.807) is 17.5 Å². The number of rotatable bonds is 6. The van der Waals surface area contributed by atoms with Crippen molar-refractivity contribution in [2.45, 2.75) is 26.3 Å². The Labute approximate surface area is 123 Å². The monoisotopic (exact) mass is 289 g/mol. The maximum Gasteiger partial charge on any atom is 0.315 e. The van der Waals surface area contributed by atoms with Gasteiger partial charge in [0.15, 0.2) is 0 Å². The number of thiophene rings is 1. The number of amides is 2. The molecule has 0 fully saturated rings. The van der Waals surface area contributed by atoms with Crippen LogP contribution in [0.5, 0.6) is 0 Å². The van der Waals surface area contributed by atoms with E-state index in [2.05, 4.69) is 34.7 Å². The van der Waals surface area contributed by atoms with Gasteiger partial charge in [0.05, 0.1) is 6.54 Å². The fourth-order valence-corrected chi connectivity index (χ4v) is 2.70. The fourth-order valence-electron chi connectivity index (χ4n) is 1.80. The van der Waals surface area contributed by atoms with E-state index < -0.39 is 0 Å². The predicted octanol–water partition coefficient (Wildman–Crippen LogP) is 2.75. The van der Waals surface area contributed by atoms with Gasteiger partial charge >= 0.3 is 6.03 Å². The van der Waals surface area contributed by atoms with Gasteiger partial charge in [0.1, 0.15) is 0 Å². The number of carbonyl (C=O) groups is 1. The zero-order valence-electron chi connectivity index (χ0n) is 11.6. The Hall–Kier alpha value is -1.88. The van der Waals surface area contributed by atoms with Gasteiger partial charge in [-0.05, 0) is 36.6 Å². The molecule has 0 aromatic carbocycles.